The van der Waals surface area contributed by atoms with Crippen molar-refractivity contribution in [2.24, 2.45) is 0 Å². The largest absolute Gasteiger partial charge is 0.397 e. The predicted molar refractivity (Wildman–Crippen MR) is 80.9 cm³/mol. The highest BCUT2D eigenvalue weighted by atomic mass is 35.5. The van der Waals surface area contributed by atoms with Crippen molar-refractivity contribution in [1.29, 1.82) is 0 Å². The Labute approximate surface area is 124 Å². The van der Waals surface area contributed by atoms with Gasteiger partial charge in [0.1, 0.15) is 5.15 Å². The van der Waals surface area contributed by atoms with Crippen molar-refractivity contribution in [3.05, 3.63) is 23.0 Å². The van der Waals surface area contributed by atoms with Gasteiger partial charge in [-0.1, -0.05) is 24.4 Å². The zero-order valence-electron chi connectivity index (χ0n) is 11.9. The van der Waals surface area contributed by atoms with Gasteiger partial charge in [-0.25, -0.2) is 4.98 Å². The summed E-state index contributed by atoms with van der Waals surface area (Å²) in [5, 5.41) is 3.25. The van der Waals surface area contributed by atoms with Crippen LogP contribution in [0.4, 0.5) is 5.69 Å². The number of pyridine rings is 1. The van der Waals surface area contributed by atoms with Gasteiger partial charge in [0.2, 0.25) is 0 Å². The fraction of sp³-hybridized carbons (Fsp3) is 0.571. The Bertz CT molecular complexity index is 498. The van der Waals surface area contributed by atoms with Gasteiger partial charge in [-0.2, -0.15) is 0 Å². The number of likely N-dealkylation sites (N-methyl/N-ethyl adjacent to an activating group) is 1. The normalized spacial score (nSPS) is 17.4. The van der Waals surface area contributed by atoms with Crippen LogP contribution in [0, 0.1) is 0 Å². The number of nitrogens with zero attached hydrogens (tertiary/aromatic N) is 2. The Morgan fingerprint density at radius 3 is 2.75 bits per heavy atom. The lowest BCUT2D eigenvalue weighted by atomic mass is 9.96. The van der Waals surface area contributed by atoms with E-state index in [2.05, 4.69) is 29.3 Å². The third-order valence-electron chi connectivity index (χ3n) is 4.21. The second-order valence-electron chi connectivity index (χ2n) is 5.60. The molecule has 1 saturated carbocycles. The van der Waals surface area contributed by atoms with Crippen molar-refractivity contribution in [2.75, 3.05) is 26.4 Å². The van der Waals surface area contributed by atoms with Gasteiger partial charge in [-0.15, -0.1) is 0 Å². The lowest BCUT2D eigenvalue weighted by molar-refractivity contribution is 0.0901. The summed E-state index contributed by atoms with van der Waals surface area (Å²) in [7, 11) is 4.13. The molecule has 1 aromatic rings. The third-order valence-corrected chi connectivity index (χ3v) is 4.41. The summed E-state index contributed by atoms with van der Waals surface area (Å²) in [6.45, 7) is 0.623. The molecule has 0 saturated heterocycles. The number of nitrogen functional groups attached to an aromatic ring is 1. The van der Waals surface area contributed by atoms with Crippen molar-refractivity contribution in [3.8, 4) is 0 Å². The Kier molecular flexibility index (Phi) is 4.50. The maximum absolute atomic E-state index is 12.2. The first-order chi connectivity index (χ1) is 9.44. The van der Waals surface area contributed by atoms with E-state index in [0.29, 0.717) is 17.8 Å². The second-order valence-corrected chi connectivity index (χ2v) is 5.99. The lowest BCUT2D eigenvalue weighted by Gasteiger charge is -2.36. The molecule has 1 fully saturated rings. The molecule has 5 nitrogen and oxygen atoms in total. The summed E-state index contributed by atoms with van der Waals surface area (Å²) < 4.78 is 0. The number of halogens is 1. The smallest absolute Gasteiger partial charge is 0.253 e. The Morgan fingerprint density at radius 2 is 2.15 bits per heavy atom. The molecular formula is C14H21ClN4O. The third kappa shape index (κ3) is 3.04. The molecule has 1 aliphatic carbocycles. The molecule has 1 amide bonds. The minimum absolute atomic E-state index is 0.0568. The molecular weight excluding hydrogens is 276 g/mol. The molecule has 6 heteroatoms. The van der Waals surface area contributed by atoms with Crippen molar-refractivity contribution in [1.82, 2.24) is 15.2 Å². The van der Waals surface area contributed by atoms with Crippen LogP contribution in [-0.2, 0) is 0 Å². The molecule has 0 aliphatic heterocycles. The van der Waals surface area contributed by atoms with Crippen molar-refractivity contribution in [3.63, 3.8) is 0 Å². The van der Waals surface area contributed by atoms with E-state index in [9.17, 15) is 4.79 Å². The number of hydrogen-bond acceptors (Lipinski definition) is 4. The van der Waals surface area contributed by atoms with Crippen LogP contribution in [0.3, 0.4) is 0 Å². The SMILES string of the molecule is CN(C)C1(CNC(=O)c2cc(Cl)ncc2N)CCCC1. The van der Waals surface area contributed by atoms with Gasteiger partial charge in [-0.3, -0.25) is 4.79 Å². The predicted octanol–water partition coefficient (Wildman–Crippen LogP) is 1.92. The highest BCUT2D eigenvalue weighted by Crippen LogP contribution is 2.33. The molecule has 3 N–H and O–H groups in total. The van der Waals surface area contributed by atoms with Gasteiger partial charge < -0.3 is 16.0 Å². The Balaban J connectivity index is 2.06. The molecule has 0 atom stereocenters. The standard InChI is InChI=1S/C14H21ClN4O/c1-19(2)14(5-3-4-6-14)9-18-13(20)10-7-12(15)17-8-11(10)16/h7-8H,3-6,9,16H2,1-2H3,(H,18,20). The van der Waals surface area contributed by atoms with E-state index in [1.807, 2.05) is 0 Å². The van der Waals surface area contributed by atoms with Crippen molar-refractivity contribution < 1.29 is 4.79 Å². The van der Waals surface area contributed by atoms with Gasteiger partial charge in [0.15, 0.2) is 0 Å². The van der Waals surface area contributed by atoms with Crippen LogP contribution in [0.15, 0.2) is 12.3 Å². The molecule has 2 rings (SSSR count). The van der Waals surface area contributed by atoms with E-state index >= 15 is 0 Å². The quantitative estimate of drug-likeness (QED) is 0.833. The van der Waals surface area contributed by atoms with E-state index in [-0.39, 0.29) is 16.6 Å². The summed E-state index contributed by atoms with van der Waals surface area (Å²) >= 11 is 5.81. The average molecular weight is 297 g/mol. The van der Waals surface area contributed by atoms with Crippen LogP contribution in [0.25, 0.3) is 0 Å². The van der Waals surface area contributed by atoms with E-state index in [1.165, 1.54) is 25.1 Å². The number of carbonyl (C=O) groups excluding carboxylic acids is 1. The fourth-order valence-electron chi connectivity index (χ4n) is 2.79. The van der Waals surface area contributed by atoms with Gasteiger partial charge in [0.25, 0.3) is 5.91 Å². The summed E-state index contributed by atoms with van der Waals surface area (Å²) in [4.78, 5) is 18.3. The molecule has 0 unspecified atom stereocenters. The molecule has 20 heavy (non-hydrogen) atoms. The van der Waals surface area contributed by atoms with Gasteiger partial charge in [0, 0.05) is 12.1 Å². The number of nitrogens with two attached hydrogens (primary N) is 1. The van der Waals surface area contributed by atoms with Crippen LogP contribution in [0.1, 0.15) is 36.0 Å². The van der Waals surface area contributed by atoms with Gasteiger partial charge in [0.05, 0.1) is 17.4 Å². The van der Waals surface area contributed by atoms with Crippen LogP contribution < -0.4 is 11.1 Å². The first-order valence-corrected chi connectivity index (χ1v) is 7.19. The Hall–Kier alpha value is -1.33. The lowest BCUT2D eigenvalue weighted by Crippen LogP contribution is -2.50. The number of carbonyl (C=O) groups is 1. The highest BCUT2D eigenvalue weighted by Gasteiger charge is 2.36. The number of rotatable bonds is 4. The summed E-state index contributed by atoms with van der Waals surface area (Å²) in [5.74, 6) is -0.195. The molecule has 1 heterocycles. The second kappa shape index (κ2) is 5.97. The van der Waals surface area contributed by atoms with Crippen LogP contribution in [-0.4, -0.2) is 42.0 Å². The fourth-order valence-corrected chi connectivity index (χ4v) is 2.95. The maximum atomic E-state index is 12.2. The zero-order chi connectivity index (χ0) is 14.8. The molecule has 0 bridgehead atoms. The first-order valence-electron chi connectivity index (χ1n) is 6.81. The van der Waals surface area contributed by atoms with E-state index in [4.69, 9.17) is 17.3 Å². The highest BCUT2D eigenvalue weighted by molar-refractivity contribution is 6.29. The van der Waals surface area contributed by atoms with Crippen molar-refractivity contribution >= 4 is 23.2 Å². The van der Waals surface area contributed by atoms with Crippen LogP contribution in [0.5, 0.6) is 0 Å². The van der Waals surface area contributed by atoms with E-state index < -0.39 is 0 Å². The number of amides is 1. The van der Waals surface area contributed by atoms with Crippen LogP contribution >= 0.6 is 11.6 Å². The molecule has 0 aromatic carbocycles. The minimum atomic E-state index is -0.195. The molecule has 110 valence electrons. The number of hydrogen-bond donors (Lipinski definition) is 2. The van der Waals surface area contributed by atoms with Crippen molar-refractivity contribution in [2.45, 2.75) is 31.2 Å². The van der Waals surface area contributed by atoms with E-state index in [1.54, 1.807) is 0 Å². The van der Waals surface area contributed by atoms with Gasteiger partial charge in [-0.05, 0) is 33.0 Å². The Morgan fingerprint density at radius 1 is 1.50 bits per heavy atom. The topological polar surface area (TPSA) is 71.2 Å². The maximum Gasteiger partial charge on any atom is 0.253 e. The number of aromatic nitrogens is 1. The minimum Gasteiger partial charge on any atom is -0.397 e. The molecule has 1 aromatic heterocycles. The summed E-state index contributed by atoms with van der Waals surface area (Å²) in [6, 6.07) is 1.50. The summed E-state index contributed by atoms with van der Waals surface area (Å²) in [5.41, 5.74) is 6.56. The van der Waals surface area contributed by atoms with Crippen LogP contribution in [0.2, 0.25) is 5.15 Å². The van der Waals surface area contributed by atoms with E-state index in [0.717, 1.165) is 12.8 Å². The number of nitrogens with one attached hydrogen (secondary N) is 1. The number of anilines is 1. The average Bonchev–Trinajstić information content (AvgIpc) is 2.89. The molecule has 0 spiro atoms. The molecule has 1 aliphatic rings. The molecule has 0 radical (unpaired) electrons. The zero-order valence-corrected chi connectivity index (χ0v) is 12.7. The first kappa shape index (κ1) is 15.1. The van der Waals surface area contributed by atoms with Gasteiger partial charge >= 0.3 is 0 Å². The summed E-state index contributed by atoms with van der Waals surface area (Å²) in [6.07, 6.45) is 6.03. The monoisotopic (exact) mass is 296 g/mol.